The van der Waals surface area contributed by atoms with E-state index in [0.717, 1.165) is 98.8 Å². The third-order valence-corrected chi connectivity index (χ3v) is 8.76. The van der Waals surface area contributed by atoms with Gasteiger partial charge in [-0.15, -0.1) is 11.3 Å². The number of hydrogen-bond donors (Lipinski definition) is 1. The summed E-state index contributed by atoms with van der Waals surface area (Å²) >= 11 is 1.72. The highest BCUT2D eigenvalue weighted by Crippen LogP contribution is 2.41. The Hall–Kier alpha value is -2.88. The number of rotatable bonds is 7. The first kappa shape index (κ1) is 23.5. The van der Waals surface area contributed by atoms with Gasteiger partial charge in [0, 0.05) is 69.1 Å². The Labute approximate surface area is 215 Å². The maximum Gasteiger partial charge on any atom is 0.226 e. The zero-order valence-electron chi connectivity index (χ0n) is 20.7. The third kappa shape index (κ3) is 4.63. The lowest BCUT2D eigenvalue weighted by Gasteiger charge is -2.37. The molecule has 4 heterocycles. The molecule has 3 aliphatic rings. The Bertz CT molecular complexity index is 1300. The van der Waals surface area contributed by atoms with Crippen LogP contribution in [0.25, 0.3) is 10.2 Å². The number of nitrogens with one attached hydrogen (secondary N) is 1. The van der Waals surface area contributed by atoms with Crippen molar-refractivity contribution in [3.63, 3.8) is 0 Å². The van der Waals surface area contributed by atoms with Gasteiger partial charge in [-0.3, -0.25) is 14.7 Å². The molecule has 2 aromatic heterocycles. The molecule has 3 aromatic rings. The van der Waals surface area contributed by atoms with E-state index in [4.69, 9.17) is 4.74 Å². The van der Waals surface area contributed by atoms with E-state index in [9.17, 15) is 4.79 Å². The van der Waals surface area contributed by atoms with Crippen molar-refractivity contribution in [2.24, 2.45) is 10.9 Å². The lowest BCUT2D eigenvalue weighted by Crippen LogP contribution is -2.51. The number of aromatic nitrogens is 2. The monoisotopic (exact) mass is 504 g/mol. The number of thiophene rings is 1. The molecular formula is C27H32N6O2S. The first-order valence-electron chi connectivity index (χ1n) is 12.8. The van der Waals surface area contributed by atoms with Crippen LogP contribution in [-0.2, 0) is 28.9 Å². The van der Waals surface area contributed by atoms with Crippen molar-refractivity contribution in [1.29, 1.82) is 0 Å². The fourth-order valence-corrected chi connectivity index (χ4v) is 6.88. The van der Waals surface area contributed by atoms with Crippen LogP contribution >= 0.6 is 11.3 Å². The van der Waals surface area contributed by atoms with Gasteiger partial charge in [0.05, 0.1) is 11.9 Å². The summed E-state index contributed by atoms with van der Waals surface area (Å²) in [5.41, 5.74) is 4.74. The number of benzene rings is 1. The molecule has 1 saturated heterocycles. The zero-order valence-corrected chi connectivity index (χ0v) is 21.5. The number of hydrogen-bond acceptors (Lipinski definition) is 8. The maximum absolute atomic E-state index is 13.4. The molecule has 1 fully saturated rings. The summed E-state index contributed by atoms with van der Waals surface area (Å²) in [5.74, 6) is 1.23. The average molecular weight is 505 g/mol. The van der Waals surface area contributed by atoms with E-state index < -0.39 is 0 Å². The maximum atomic E-state index is 13.4. The van der Waals surface area contributed by atoms with Crippen LogP contribution in [0, 0.1) is 5.92 Å². The number of carbonyl (C=O) groups is 1. The molecule has 0 spiro atoms. The third-order valence-electron chi connectivity index (χ3n) is 7.60. The van der Waals surface area contributed by atoms with Gasteiger partial charge in [0.2, 0.25) is 5.91 Å². The van der Waals surface area contributed by atoms with Crippen LogP contribution < -0.4 is 5.32 Å². The van der Waals surface area contributed by atoms with Crippen molar-refractivity contribution in [3.8, 4) is 0 Å². The van der Waals surface area contributed by atoms with Gasteiger partial charge in [0.1, 0.15) is 17.0 Å². The Morgan fingerprint density at radius 2 is 2.11 bits per heavy atom. The van der Waals surface area contributed by atoms with Crippen LogP contribution in [0.2, 0.25) is 0 Å². The van der Waals surface area contributed by atoms with Gasteiger partial charge in [-0.2, -0.15) is 0 Å². The van der Waals surface area contributed by atoms with Crippen molar-refractivity contribution in [1.82, 2.24) is 19.8 Å². The predicted molar refractivity (Wildman–Crippen MR) is 143 cm³/mol. The van der Waals surface area contributed by atoms with Crippen molar-refractivity contribution < 1.29 is 9.53 Å². The smallest absolute Gasteiger partial charge is 0.226 e. The van der Waals surface area contributed by atoms with Gasteiger partial charge < -0.3 is 15.0 Å². The summed E-state index contributed by atoms with van der Waals surface area (Å²) in [7, 11) is 1.75. The number of anilines is 2. The second-order valence-corrected chi connectivity index (χ2v) is 11.0. The second-order valence-electron chi connectivity index (χ2n) is 9.87. The summed E-state index contributed by atoms with van der Waals surface area (Å²) in [6, 6.07) is 6.35. The molecule has 1 atom stereocenters. The van der Waals surface area contributed by atoms with Gasteiger partial charge in [-0.1, -0.05) is 6.07 Å². The van der Waals surface area contributed by atoms with Crippen molar-refractivity contribution in [2.45, 2.75) is 32.2 Å². The summed E-state index contributed by atoms with van der Waals surface area (Å²) in [5, 5.41) is 4.64. The first-order chi connectivity index (χ1) is 17.7. The van der Waals surface area contributed by atoms with E-state index in [1.165, 1.54) is 16.0 Å². The lowest BCUT2D eigenvalue weighted by atomic mass is 9.86. The van der Waals surface area contributed by atoms with Crippen molar-refractivity contribution in [3.05, 3.63) is 46.1 Å². The molecule has 1 aliphatic carbocycles. The Morgan fingerprint density at radius 3 is 2.97 bits per heavy atom. The molecule has 0 radical (unpaired) electrons. The van der Waals surface area contributed by atoms with Crippen LogP contribution in [0.15, 0.2) is 29.5 Å². The SMILES string of the molecule is COCCCN1CCN(C(=O)C2CCc3c(sc4ncnc(Nc5ccc6c(c5)C=NC6)c34)C2)CC1. The predicted octanol–water partition coefficient (Wildman–Crippen LogP) is 3.65. The number of methoxy groups -OCH3 is 1. The zero-order chi connectivity index (χ0) is 24.5. The normalized spacial score (nSPS) is 19.5. The van der Waals surface area contributed by atoms with Crippen LogP contribution in [0.4, 0.5) is 11.5 Å². The molecule has 8 nitrogen and oxygen atoms in total. The molecule has 0 saturated carbocycles. The van der Waals surface area contributed by atoms with Crippen LogP contribution in [0.1, 0.15) is 34.4 Å². The molecule has 1 amide bonds. The number of ether oxygens (including phenoxy) is 1. The van der Waals surface area contributed by atoms with Gasteiger partial charge in [-0.25, -0.2) is 9.97 Å². The quantitative estimate of drug-likeness (QED) is 0.495. The summed E-state index contributed by atoms with van der Waals surface area (Å²) in [6.45, 7) is 6.16. The van der Waals surface area contributed by atoms with Crippen molar-refractivity contribution >= 4 is 45.2 Å². The molecular weight excluding hydrogens is 472 g/mol. The lowest BCUT2D eigenvalue weighted by molar-refractivity contribution is -0.137. The van der Waals surface area contributed by atoms with Gasteiger partial charge in [0.15, 0.2) is 0 Å². The Morgan fingerprint density at radius 1 is 1.22 bits per heavy atom. The summed E-state index contributed by atoms with van der Waals surface area (Å²) in [6.07, 6.45) is 7.19. The van der Waals surface area contributed by atoms with Gasteiger partial charge in [-0.05, 0) is 54.5 Å². The molecule has 9 heteroatoms. The van der Waals surface area contributed by atoms with Crippen molar-refractivity contribution in [2.75, 3.05) is 51.8 Å². The van der Waals surface area contributed by atoms with Crippen LogP contribution in [0.3, 0.4) is 0 Å². The molecule has 6 rings (SSSR count). The second kappa shape index (κ2) is 10.2. The number of carbonyl (C=O) groups excluding carboxylic acids is 1. The number of piperazine rings is 1. The van der Waals surface area contributed by atoms with E-state index in [2.05, 4.69) is 48.3 Å². The molecule has 0 bridgehead atoms. The largest absolute Gasteiger partial charge is 0.385 e. The standard InChI is InChI=1S/C27H32N6O2S/c1-35-12-2-7-32-8-10-33(11-9-32)27(34)18-4-6-22-23(14-18)36-26-24(22)25(29-17-30-26)31-21-5-3-19-15-28-16-20(19)13-21/h3,5,13,16-18H,2,4,6-12,14-15H2,1H3,(H,29,30,31). The number of aryl methyl sites for hydroxylation is 1. The minimum absolute atomic E-state index is 0.0611. The highest BCUT2D eigenvalue weighted by atomic mass is 32.1. The van der Waals surface area contributed by atoms with E-state index in [0.29, 0.717) is 5.91 Å². The molecule has 1 aromatic carbocycles. The fraction of sp³-hybridized carbons (Fsp3) is 0.481. The average Bonchev–Trinajstić information content (AvgIpc) is 3.53. The van der Waals surface area contributed by atoms with Gasteiger partial charge >= 0.3 is 0 Å². The Kier molecular flexibility index (Phi) is 6.69. The first-order valence-corrected chi connectivity index (χ1v) is 13.7. The minimum atomic E-state index is 0.0611. The van der Waals surface area contributed by atoms with E-state index in [1.54, 1.807) is 24.8 Å². The van der Waals surface area contributed by atoms with Gasteiger partial charge in [0.25, 0.3) is 0 Å². The highest BCUT2D eigenvalue weighted by Gasteiger charge is 2.32. The number of fused-ring (bicyclic) bond motifs is 4. The molecule has 188 valence electrons. The number of amides is 1. The van der Waals surface area contributed by atoms with E-state index in [-0.39, 0.29) is 5.92 Å². The topological polar surface area (TPSA) is 83.0 Å². The number of aliphatic imine (C=N–C) groups is 1. The highest BCUT2D eigenvalue weighted by molar-refractivity contribution is 7.19. The fourth-order valence-electron chi connectivity index (χ4n) is 5.61. The number of nitrogens with zero attached hydrogens (tertiary/aromatic N) is 5. The molecule has 1 unspecified atom stereocenters. The molecule has 2 aliphatic heterocycles. The van der Waals surface area contributed by atoms with E-state index >= 15 is 0 Å². The summed E-state index contributed by atoms with van der Waals surface area (Å²) < 4.78 is 5.17. The van der Waals surface area contributed by atoms with Crippen LogP contribution in [0.5, 0.6) is 0 Å². The van der Waals surface area contributed by atoms with E-state index in [1.807, 2.05) is 6.21 Å². The minimum Gasteiger partial charge on any atom is -0.385 e. The molecule has 1 N–H and O–H groups in total. The van der Waals surface area contributed by atoms with Crippen LogP contribution in [-0.4, -0.2) is 78.3 Å². The molecule has 36 heavy (non-hydrogen) atoms. The Balaban J connectivity index is 1.15. The summed E-state index contributed by atoms with van der Waals surface area (Å²) in [4.78, 5) is 33.7.